The minimum absolute atomic E-state index is 0.00532. The molecule has 30 heavy (non-hydrogen) atoms. The summed E-state index contributed by atoms with van der Waals surface area (Å²) in [6.07, 6.45) is 7.35. The number of phenols is 1. The predicted octanol–water partition coefficient (Wildman–Crippen LogP) is 5.66. The number of benzene rings is 2. The molecule has 0 fully saturated rings. The zero-order valence-corrected chi connectivity index (χ0v) is 19.7. The largest absolute Gasteiger partial charge is 0.507 e. The smallest absolute Gasteiger partial charge is 0.243 e. The van der Waals surface area contributed by atoms with Crippen LogP contribution < -0.4 is 9.62 Å². The van der Waals surface area contributed by atoms with Gasteiger partial charge in [-0.05, 0) is 37.3 Å². The van der Waals surface area contributed by atoms with E-state index in [4.69, 9.17) is 0 Å². The van der Waals surface area contributed by atoms with Crippen molar-refractivity contribution in [2.45, 2.75) is 67.7 Å². The molecule has 7 heteroatoms. The van der Waals surface area contributed by atoms with Gasteiger partial charge in [-0.3, -0.25) is 0 Å². The topological polar surface area (TPSA) is 69.6 Å². The molecule has 2 N–H and O–H groups in total. The second-order valence-electron chi connectivity index (χ2n) is 8.01. The maximum Gasteiger partial charge on any atom is 0.243 e. The number of unbranched alkanes of at least 4 members (excludes halogenated alkanes) is 2. The van der Waals surface area contributed by atoms with Gasteiger partial charge in [0.1, 0.15) is 10.6 Å². The Hall–Kier alpha value is -1.70. The number of fused-ring (bicyclic) bond motifs is 1. The van der Waals surface area contributed by atoms with E-state index in [1.54, 1.807) is 6.07 Å². The number of anilines is 2. The molecule has 2 aromatic rings. The summed E-state index contributed by atoms with van der Waals surface area (Å²) >= 11 is 1.41. The van der Waals surface area contributed by atoms with Gasteiger partial charge in [-0.2, -0.15) is 0 Å². The van der Waals surface area contributed by atoms with Gasteiger partial charge in [0.05, 0.1) is 16.1 Å². The second-order valence-corrected chi connectivity index (χ2v) is 10.5. The van der Waals surface area contributed by atoms with Crippen LogP contribution in [0.5, 0.6) is 5.75 Å². The summed E-state index contributed by atoms with van der Waals surface area (Å²) < 4.78 is 30.1. The number of para-hydroxylation sites is 1. The third-order valence-electron chi connectivity index (χ3n) is 5.74. The fraction of sp³-hybridized carbons (Fsp3) is 0.478. The normalized spacial score (nSPS) is 17.4. The van der Waals surface area contributed by atoms with Crippen LogP contribution >= 0.6 is 11.8 Å². The van der Waals surface area contributed by atoms with E-state index in [-0.39, 0.29) is 10.6 Å². The standard InChI is InChI=1S/C23H32N2O3S2/c1-4-6-13-23(14-7-5-2)17-25(18-11-9-8-10-12-18)19-15-21(29-3)20(26)16-22(19)30(27,28)24-23/h8-12,15-16,24,26H,4-7,13-14,17H2,1-3H3. The van der Waals surface area contributed by atoms with E-state index in [9.17, 15) is 13.5 Å². The van der Waals surface area contributed by atoms with Gasteiger partial charge in [0.25, 0.3) is 0 Å². The van der Waals surface area contributed by atoms with Gasteiger partial charge < -0.3 is 10.0 Å². The van der Waals surface area contributed by atoms with Gasteiger partial charge in [0, 0.05) is 18.3 Å². The van der Waals surface area contributed by atoms with Crippen molar-refractivity contribution < 1.29 is 13.5 Å². The van der Waals surface area contributed by atoms with Crippen LogP contribution in [0.4, 0.5) is 11.4 Å². The average Bonchev–Trinajstić information content (AvgIpc) is 2.83. The second kappa shape index (κ2) is 9.62. The molecule has 1 aliphatic rings. The number of nitrogens with zero attached hydrogens (tertiary/aromatic N) is 1. The minimum Gasteiger partial charge on any atom is -0.507 e. The molecule has 2 aromatic carbocycles. The van der Waals surface area contributed by atoms with Gasteiger partial charge in [-0.25, -0.2) is 13.1 Å². The Bertz CT molecular complexity index is 954. The van der Waals surface area contributed by atoms with Crippen LogP contribution in [0, 0.1) is 0 Å². The molecule has 0 saturated heterocycles. The lowest BCUT2D eigenvalue weighted by atomic mass is 9.87. The zero-order valence-electron chi connectivity index (χ0n) is 18.0. The van der Waals surface area contributed by atoms with Crippen LogP contribution in [0.25, 0.3) is 0 Å². The van der Waals surface area contributed by atoms with Crippen molar-refractivity contribution in [1.29, 1.82) is 0 Å². The summed E-state index contributed by atoms with van der Waals surface area (Å²) in [5.74, 6) is -0.00532. The molecule has 0 spiro atoms. The fourth-order valence-corrected chi connectivity index (χ4v) is 6.30. The number of phenolic OH excluding ortho intramolecular Hbond substituents is 1. The molecular formula is C23H32N2O3S2. The lowest BCUT2D eigenvalue weighted by Gasteiger charge is -2.37. The Morgan fingerprint density at radius 3 is 2.30 bits per heavy atom. The maximum atomic E-state index is 13.5. The predicted molar refractivity (Wildman–Crippen MR) is 125 cm³/mol. The molecule has 0 amide bonds. The first-order chi connectivity index (χ1) is 14.4. The molecule has 1 aliphatic heterocycles. The highest BCUT2D eigenvalue weighted by molar-refractivity contribution is 7.98. The highest BCUT2D eigenvalue weighted by Crippen LogP contribution is 2.43. The zero-order chi connectivity index (χ0) is 21.8. The van der Waals surface area contributed by atoms with Gasteiger partial charge >= 0.3 is 0 Å². The van der Waals surface area contributed by atoms with E-state index in [2.05, 4.69) is 23.5 Å². The van der Waals surface area contributed by atoms with Crippen molar-refractivity contribution in [3.05, 3.63) is 42.5 Å². The number of thioether (sulfide) groups is 1. The molecule has 0 atom stereocenters. The Kier molecular flexibility index (Phi) is 7.37. The first kappa shape index (κ1) is 23.0. The van der Waals surface area contributed by atoms with Crippen molar-refractivity contribution in [3.63, 3.8) is 0 Å². The quantitative estimate of drug-likeness (QED) is 0.510. The lowest BCUT2D eigenvalue weighted by Crippen LogP contribution is -2.53. The first-order valence-electron chi connectivity index (χ1n) is 10.6. The van der Waals surface area contributed by atoms with Crippen molar-refractivity contribution in [2.75, 3.05) is 17.7 Å². The van der Waals surface area contributed by atoms with Gasteiger partial charge in [0.15, 0.2) is 0 Å². The molecule has 164 valence electrons. The average molecular weight is 449 g/mol. The molecule has 5 nitrogen and oxygen atoms in total. The third-order valence-corrected chi connectivity index (χ3v) is 8.11. The van der Waals surface area contributed by atoms with Crippen molar-refractivity contribution in [3.8, 4) is 5.75 Å². The summed E-state index contributed by atoms with van der Waals surface area (Å²) in [6, 6.07) is 13.1. The summed E-state index contributed by atoms with van der Waals surface area (Å²) in [6.45, 7) is 4.82. The molecule has 0 bridgehead atoms. The fourth-order valence-electron chi connectivity index (χ4n) is 4.14. The molecule has 0 aliphatic carbocycles. The van der Waals surface area contributed by atoms with Crippen molar-refractivity contribution >= 4 is 33.2 Å². The summed E-state index contributed by atoms with van der Waals surface area (Å²) in [5.41, 5.74) is 1.01. The van der Waals surface area contributed by atoms with Crippen LogP contribution in [-0.4, -0.2) is 31.9 Å². The van der Waals surface area contributed by atoms with Gasteiger partial charge in [0.2, 0.25) is 10.0 Å². The maximum absolute atomic E-state index is 13.5. The van der Waals surface area contributed by atoms with E-state index in [1.165, 1.54) is 17.8 Å². The molecule has 0 aromatic heterocycles. The summed E-state index contributed by atoms with van der Waals surface area (Å²) in [5, 5.41) is 10.4. The molecule has 1 heterocycles. The van der Waals surface area contributed by atoms with E-state index in [0.29, 0.717) is 17.1 Å². The van der Waals surface area contributed by atoms with Crippen molar-refractivity contribution in [2.24, 2.45) is 0 Å². The molecule has 0 radical (unpaired) electrons. The SMILES string of the molecule is CCCCC1(CCCC)CN(c2ccccc2)c2cc(SC)c(O)cc2S(=O)(=O)N1. The highest BCUT2D eigenvalue weighted by Gasteiger charge is 2.41. The summed E-state index contributed by atoms with van der Waals surface area (Å²) in [7, 11) is -3.80. The molecule has 3 rings (SSSR count). The number of nitrogens with one attached hydrogen (secondary N) is 1. The van der Waals surface area contributed by atoms with Crippen LogP contribution in [0.3, 0.4) is 0 Å². The van der Waals surface area contributed by atoms with E-state index >= 15 is 0 Å². The lowest BCUT2D eigenvalue weighted by molar-refractivity contribution is 0.320. The van der Waals surface area contributed by atoms with E-state index in [1.807, 2.05) is 36.6 Å². The van der Waals surface area contributed by atoms with E-state index < -0.39 is 15.6 Å². The Morgan fingerprint density at radius 1 is 1.10 bits per heavy atom. The number of rotatable bonds is 8. The monoisotopic (exact) mass is 448 g/mol. The highest BCUT2D eigenvalue weighted by atomic mass is 32.2. The molecule has 0 unspecified atom stereocenters. The Balaban J connectivity index is 2.23. The number of hydrogen-bond acceptors (Lipinski definition) is 5. The van der Waals surface area contributed by atoms with Crippen LogP contribution in [0.15, 0.2) is 52.3 Å². The first-order valence-corrected chi connectivity index (χ1v) is 13.3. The third kappa shape index (κ3) is 4.79. The van der Waals surface area contributed by atoms with Crippen LogP contribution in [0.2, 0.25) is 0 Å². The Labute approximate surface area is 184 Å². The number of aromatic hydroxyl groups is 1. The Morgan fingerprint density at radius 2 is 1.73 bits per heavy atom. The minimum atomic E-state index is -3.80. The van der Waals surface area contributed by atoms with Gasteiger partial charge in [-0.1, -0.05) is 57.7 Å². The van der Waals surface area contributed by atoms with E-state index in [0.717, 1.165) is 44.2 Å². The van der Waals surface area contributed by atoms with Crippen molar-refractivity contribution in [1.82, 2.24) is 4.72 Å². The number of hydrogen-bond donors (Lipinski definition) is 2. The van der Waals surface area contributed by atoms with Crippen LogP contribution in [-0.2, 0) is 10.0 Å². The molecular weight excluding hydrogens is 416 g/mol. The van der Waals surface area contributed by atoms with Gasteiger partial charge in [-0.15, -0.1) is 11.8 Å². The summed E-state index contributed by atoms with van der Waals surface area (Å²) in [4.78, 5) is 2.91. The molecule has 0 saturated carbocycles. The van der Waals surface area contributed by atoms with Crippen LogP contribution in [0.1, 0.15) is 52.4 Å². The number of sulfonamides is 1.